The van der Waals surface area contributed by atoms with Gasteiger partial charge in [0.15, 0.2) is 0 Å². The standard InChI is InChI=1S/C10H14O5/c11-2-1-7(9-5-15-9)8(10(12)13)3-6-4-14-6/h3,6-7,9,11H,1-2,4-5H2,(H,12,13). The average Bonchev–Trinajstić information content (AvgIpc) is 3.00. The lowest BCUT2D eigenvalue weighted by Crippen LogP contribution is -2.20. The van der Waals surface area contributed by atoms with Crippen molar-refractivity contribution < 1.29 is 24.5 Å². The summed E-state index contributed by atoms with van der Waals surface area (Å²) >= 11 is 0. The molecule has 3 atom stereocenters. The van der Waals surface area contributed by atoms with Crippen molar-refractivity contribution in [2.45, 2.75) is 18.6 Å². The number of hydrogen-bond donors (Lipinski definition) is 2. The number of hydrogen-bond acceptors (Lipinski definition) is 4. The van der Waals surface area contributed by atoms with Crippen molar-refractivity contribution in [2.75, 3.05) is 19.8 Å². The lowest BCUT2D eigenvalue weighted by molar-refractivity contribution is -0.133. The van der Waals surface area contributed by atoms with Crippen LogP contribution in [0.1, 0.15) is 6.42 Å². The average molecular weight is 214 g/mol. The van der Waals surface area contributed by atoms with Crippen molar-refractivity contribution in [1.29, 1.82) is 0 Å². The van der Waals surface area contributed by atoms with Crippen LogP contribution in [-0.4, -0.2) is 48.2 Å². The molecule has 5 heteroatoms. The van der Waals surface area contributed by atoms with Gasteiger partial charge in [0.2, 0.25) is 0 Å². The summed E-state index contributed by atoms with van der Waals surface area (Å²) in [5, 5.41) is 17.9. The molecule has 0 aromatic heterocycles. The molecule has 2 aliphatic rings. The first-order valence-corrected chi connectivity index (χ1v) is 5.01. The van der Waals surface area contributed by atoms with Gasteiger partial charge in [-0.25, -0.2) is 4.79 Å². The fourth-order valence-electron chi connectivity index (χ4n) is 1.67. The van der Waals surface area contributed by atoms with E-state index in [9.17, 15) is 4.79 Å². The quantitative estimate of drug-likeness (QED) is 0.472. The van der Waals surface area contributed by atoms with E-state index < -0.39 is 5.97 Å². The number of rotatable bonds is 6. The number of aliphatic hydroxyl groups excluding tert-OH is 1. The Hall–Kier alpha value is -0.910. The minimum Gasteiger partial charge on any atom is -0.478 e. The van der Waals surface area contributed by atoms with Crippen LogP contribution in [0.4, 0.5) is 0 Å². The van der Waals surface area contributed by atoms with Gasteiger partial charge in [-0.05, 0) is 12.5 Å². The van der Waals surface area contributed by atoms with E-state index in [1.54, 1.807) is 6.08 Å². The molecule has 0 aromatic rings. The zero-order valence-electron chi connectivity index (χ0n) is 8.26. The van der Waals surface area contributed by atoms with Crippen molar-refractivity contribution in [3.05, 3.63) is 11.6 Å². The molecular weight excluding hydrogens is 200 g/mol. The molecule has 2 heterocycles. The predicted octanol–water partition coefficient (Wildman–Crippen LogP) is -0.206. The first-order valence-electron chi connectivity index (χ1n) is 5.01. The molecule has 2 N–H and O–H groups in total. The molecule has 0 aromatic carbocycles. The molecule has 0 saturated carbocycles. The van der Waals surface area contributed by atoms with Crippen LogP contribution in [0, 0.1) is 5.92 Å². The number of aliphatic hydroxyl groups is 1. The Kier molecular flexibility index (Phi) is 3.04. The van der Waals surface area contributed by atoms with Crippen LogP contribution in [0.25, 0.3) is 0 Å². The van der Waals surface area contributed by atoms with E-state index >= 15 is 0 Å². The van der Waals surface area contributed by atoms with E-state index in [4.69, 9.17) is 19.7 Å². The predicted molar refractivity (Wildman–Crippen MR) is 50.4 cm³/mol. The SMILES string of the molecule is O=C(O)C(=CC1CO1)C(CCO)C1CO1. The van der Waals surface area contributed by atoms with Crippen LogP contribution < -0.4 is 0 Å². The Morgan fingerprint density at radius 3 is 2.53 bits per heavy atom. The van der Waals surface area contributed by atoms with Crippen molar-refractivity contribution in [3.8, 4) is 0 Å². The number of carboxylic acid groups (broad SMARTS) is 1. The zero-order valence-corrected chi connectivity index (χ0v) is 8.26. The minimum atomic E-state index is -0.945. The summed E-state index contributed by atoms with van der Waals surface area (Å²) < 4.78 is 10.1. The number of epoxide rings is 2. The van der Waals surface area contributed by atoms with E-state index in [2.05, 4.69) is 0 Å². The van der Waals surface area contributed by atoms with Crippen molar-refractivity contribution in [1.82, 2.24) is 0 Å². The van der Waals surface area contributed by atoms with Gasteiger partial charge in [0.25, 0.3) is 0 Å². The summed E-state index contributed by atoms with van der Waals surface area (Å²) in [5.74, 6) is -1.16. The molecule has 0 radical (unpaired) electrons. The Morgan fingerprint density at radius 1 is 1.47 bits per heavy atom. The lowest BCUT2D eigenvalue weighted by Gasteiger charge is -2.13. The third-order valence-corrected chi connectivity index (χ3v) is 2.62. The molecule has 15 heavy (non-hydrogen) atoms. The van der Waals surface area contributed by atoms with Crippen molar-refractivity contribution in [3.63, 3.8) is 0 Å². The topological polar surface area (TPSA) is 82.6 Å². The fourth-order valence-corrected chi connectivity index (χ4v) is 1.67. The number of carboxylic acids is 1. The van der Waals surface area contributed by atoms with E-state index in [1.807, 2.05) is 0 Å². The van der Waals surface area contributed by atoms with Gasteiger partial charge >= 0.3 is 5.97 Å². The van der Waals surface area contributed by atoms with Gasteiger partial charge < -0.3 is 19.7 Å². The molecular formula is C10H14O5. The normalized spacial score (nSPS) is 31.1. The smallest absolute Gasteiger partial charge is 0.331 e. The second kappa shape index (κ2) is 4.30. The first kappa shape index (κ1) is 10.6. The summed E-state index contributed by atoms with van der Waals surface area (Å²) in [5.41, 5.74) is 0.314. The molecule has 2 fully saturated rings. The molecule has 2 rings (SSSR count). The Bertz CT molecular complexity index is 278. The van der Waals surface area contributed by atoms with Crippen LogP contribution in [0.5, 0.6) is 0 Å². The summed E-state index contributed by atoms with van der Waals surface area (Å²) in [6, 6.07) is 0. The molecule has 2 saturated heterocycles. The van der Waals surface area contributed by atoms with Gasteiger partial charge in [-0.1, -0.05) is 0 Å². The first-order chi connectivity index (χ1) is 7.22. The van der Waals surface area contributed by atoms with Gasteiger partial charge in [0.1, 0.15) is 0 Å². The van der Waals surface area contributed by atoms with Gasteiger partial charge in [-0.15, -0.1) is 0 Å². The molecule has 0 amide bonds. The number of aliphatic carboxylic acids is 1. The molecule has 3 unspecified atom stereocenters. The fraction of sp³-hybridized carbons (Fsp3) is 0.700. The largest absolute Gasteiger partial charge is 0.478 e. The molecule has 5 nitrogen and oxygen atoms in total. The Morgan fingerprint density at radius 2 is 2.13 bits per heavy atom. The zero-order chi connectivity index (χ0) is 10.8. The second-order valence-electron chi connectivity index (χ2n) is 3.79. The minimum absolute atomic E-state index is 0.0271. The summed E-state index contributed by atoms with van der Waals surface area (Å²) in [6.45, 7) is 1.15. The maximum absolute atomic E-state index is 11.1. The Balaban J connectivity index is 2.08. The van der Waals surface area contributed by atoms with E-state index in [0.717, 1.165) is 0 Å². The summed E-state index contributed by atoms with van der Waals surface area (Å²) in [6.07, 6.45) is 1.95. The highest BCUT2D eigenvalue weighted by molar-refractivity contribution is 5.87. The maximum Gasteiger partial charge on any atom is 0.331 e. The van der Waals surface area contributed by atoms with Crippen LogP contribution >= 0.6 is 0 Å². The van der Waals surface area contributed by atoms with Gasteiger partial charge in [0.05, 0.1) is 25.4 Å². The van der Waals surface area contributed by atoms with Crippen molar-refractivity contribution >= 4 is 5.97 Å². The monoisotopic (exact) mass is 214 g/mol. The molecule has 2 aliphatic heterocycles. The van der Waals surface area contributed by atoms with E-state index in [0.29, 0.717) is 25.2 Å². The Labute approximate surface area is 87.3 Å². The highest BCUT2D eigenvalue weighted by atomic mass is 16.6. The third kappa shape index (κ3) is 2.77. The van der Waals surface area contributed by atoms with Gasteiger partial charge in [0, 0.05) is 18.1 Å². The van der Waals surface area contributed by atoms with E-state index in [-0.39, 0.29) is 24.7 Å². The van der Waals surface area contributed by atoms with E-state index in [1.165, 1.54) is 0 Å². The second-order valence-corrected chi connectivity index (χ2v) is 3.79. The highest BCUT2D eigenvalue weighted by Gasteiger charge is 2.38. The lowest BCUT2D eigenvalue weighted by atomic mass is 9.92. The van der Waals surface area contributed by atoms with Crippen LogP contribution in [0.15, 0.2) is 11.6 Å². The number of ether oxygens (including phenoxy) is 2. The van der Waals surface area contributed by atoms with Crippen LogP contribution in [-0.2, 0) is 14.3 Å². The number of carbonyl (C=O) groups is 1. The molecule has 0 aliphatic carbocycles. The molecule has 0 spiro atoms. The summed E-state index contributed by atoms with van der Waals surface area (Å²) in [4.78, 5) is 11.1. The molecule has 0 bridgehead atoms. The highest BCUT2D eigenvalue weighted by Crippen LogP contribution is 2.31. The summed E-state index contributed by atoms with van der Waals surface area (Å²) in [7, 11) is 0. The van der Waals surface area contributed by atoms with Crippen molar-refractivity contribution in [2.24, 2.45) is 5.92 Å². The van der Waals surface area contributed by atoms with Gasteiger partial charge in [-0.2, -0.15) is 0 Å². The third-order valence-electron chi connectivity index (χ3n) is 2.62. The van der Waals surface area contributed by atoms with Gasteiger partial charge in [-0.3, -0.25) is 0 Å². The molecule has 84 valence electrons. The van der Waals surface area contributed by atoms with Crippen LogP contribution in [0.2, 0.25) is 0 Å². The van der Waals surface area contributed by atoms with Crippen LogP contribution in [0.3, 0.4) is 0 Å². The maximum atomic E-state index is 11.1.